The summed E-state index contributed by atoms with van der Waals surface area (Å²) in [4.78, 5) is 23.8. The topological polar surface area (TPSA) is 92.3 Å². The Hall–Kier alpha value is -3.12. The van der Waals surface area contributed by atoms with Crippen molar-refractivity contribution in [1.82, 2.24) is 4.57 Å². The van der Waals surface area contributed by atoms with Gasteiger partial charge in [-0.25, -0.2) is 4.79 Å². The van der Waals surface area contributed by atoms with Gasteiger partial charge in [-0.2, -0.15) is 18.4 Å². The lowest BCUT2D eigenvalue weighted by molar-refractivity contribution is -0.139. The summed E-state index contributed by atoms with van der Waals surface area (Å²) in [6.07, 6.45) is -5.35. The van der Waals surface area contributed by atoms with Gasteiger partial charge >= 0.3 is 12.1 Å². The summed E-state index contributed by atoms with van der Waals surface area (Å²) in [6.45, 7) is -0.578. The van der Waals surface area contributed by atoms with E-state index in [1.165, 1.54) is 12.1 Å². The zero-order chi connectivity index (χ0) is 19.5. The Morgan fingerprint density at radius 3 is 2.62 bits per heavy atom. The van der Waals surface area contributed by atoms with Crippen molar-refractivity contribution in [3.05, 3.63) is 69.1 Å². The minimum atomic E-state index is -4.69. The molecular weight excluding hydrogens is 353 g/mol. The summed E-state index contributed by atoms with van der Waals surface area (Å²) in [5.74, 6) is -0.833. The average molecular weight is 366 g/mol. The van der Waals surface area contributed by atoms with Crippen molar-refractivity contribution in [2.24, 2.45) is 0 Å². The van der Waals surface area contributed by atoms with Crippen molar-refractivity contribution in [2.45, 2.75) is 18.8 Å². The zero-order valence-electron chi connectivity index (χ0n) is 13.4. The summed E-state index contributed by atoms with van der Waals surface area (Å²) >= 11 is 0. The molecule has 0 spiro atoms. The van der Waals surface area contributed by atoms with Gasteiger partial charge in [-0.1, -0.05) is 18.2 Å². The molecule has 1 aromatic heterocycles. The lowest BCUT2D eigenvalue weighted by Gasteiger charge is -2.18. The molecule has 0 radical (unpaired) electrons. The molecule has 0 fully saturated rings. The molecule has 0 aliphatic heterocycles. The fraction of sp³-hybridized carbons (Fsp3) is 0.235. The first kappa shape index (κ1) is 19.2. The number of carbonyl (C=O) groups excluding carboxylic acids is 1. The third kappa shape index (κ3) is 3.92. The van der Waals surface area contributed by atoms with Gasteiger partial charge in [0.15, 0.2) is 0 Å². The zero-order valence-corrected chi connectivity index (χ0v) is 13.4. The van der Waals surface area contributed by atoms with E-state index in [2.05, 4.69) is 4.74 Å². The first-order valence-corrected chi connectivity index (χ1v) is 7.26. The number of alkyl halides is 3. The highest BCUT2D eigenvalue weighted by Crippen LogP contribution is 2.34. The summed E-state index contributed by atoms with van der Waals surface area (Å²) in [5, 5.41) is 19.2. The summed E-state index contributed by atoms with van der Waals surface area (Å²) in [5.41, 5.74) is -2.84. The van der Waals surface area contributed by atoms with Gasteiger partial charge in [-0.05, 0) is 17.7 Å². The number of ether oxygens (including phenoxy) is 1. The van der Waals surface area contributed by atoms with Gasteiger partial charge in [-0.3, -0.25) is 4.79 Å². The second-order valence-corrected chi connectivity index (χ2v) is 5.30. The highest BCUT2D eigenvalue weighted by molar-refractivity contribution is 5.89. The Bertz CT molecular complexity index is 929. The van der Waals surface area contributed by atoms with E-state index in [0.29, 0.717) is 0 Å². The molecule has 0 saturated carbocycles. The Balaban J connectivity index is 2.48. The fourth-order valence-corrected chi connectivity index (χ4v) is 2.41. The normalized spacial score (nSPS) is 12.3. The molecule has 1 heterocycles. The van der Waals surface area contributed by atoms with Gasteiger partial charge in [0.2, 0.25) is 0 Å². The highest BCUT2D eigenvalue weighted by Gasteiger charge is 2.34. The van der Waals surface area contributed by atoms with Crippen LogP contribution in [0.1, 0.15) is 33.2 Å². The van der Waals surface area contributed by atoms with Crippen LogP contribution in [0, 0.1) is 11.3 Å². The predicted octanol–water partition coefficient (Wildman–Crippen LogP) is 2.26. The van der Waals surface area contributed by atoms with Crippen molar-refractivity contribution in [1.29, 1.82) is 5.26 Å². The second-order valence-electron chi connectivity index (χ2n) is 5.30. The predicted molar refractivity (Wildman–Crippen MR) is 83.2 cm³/mol. The molecule has 0 aliphatic carbocycles. The molecule has 2 aromatic rings. The van der Waals surface area contributed by atoms with Crippen LogP contribution in [0.5, 0.6) is 0 Å². The number of nitriles is 1. The molecule has 6 nitrogen and oxygen atoms in total. The van der Waals surface area contributed by atoms with Crippen molar-refractivity contribution < 1.29 is 27.8 Å². The minimum Gasteiger partial charge on any atom is -0.465 e. The number of pyridine rings is 1. The number of hydrogen-bond donors (Lipinski definition) is 1. The van der Waals surface area contributed by atoms with E-state index in [4.69, 9.17) is 5.26 Å². The van der Waals surface area contributed by atoms with Crippen LogP contribution in [0.15, 0.2) is 41.3 Å². The molecule has 1 atom stereocenters. The molecular formula is C17H13F3N2O4. The lowest BCUT2D eigenvalue weighted by atomic mass is 10.0. The third-order valence-corrected chi connectivity index (χ3v) is 3.62. The monoisotopic (exact) mass is 366 g/mol. The Kier molecular flexibility index (Phi) is 5.47. The molecule has 0 unspecified atom stereocenters. The molecule has 1 N–H and O–H groups in total. The average Bonchev–Trinajstić information content (AvgIpc) is 2.61. The second kappa shape index (κ2) is 7.41. The maximum Gasteiger partial charge on any atom is 0.416 e. The van der Waals surface area contributed by atoms with E-state index in [-0.39, 0.29) is 5.56 Å². The molecule has 9 heteroatoms. The van der Waals surface area contributed by atoms with E-state index in [1.54, 1.807) is 6.07 Å². The van der Waals surface area contributed by atoms with Crippen LogP contribution in [-0.4, -0.2) is 22.8 Å². The van der Waals surface area contributed by atoms with Crippen LogP contribution in [0.4, 0.5) is 13.2 Å². The van der Waals surface area contributed by atoms with Crippen LogP contribution in [0.25, 0.3) is 0 Å². The van der Waals surface area contributed by atoms with Crippen molar-refractivity contribution in [3.63, 3.8) is 0 Å². The smallest absolute Gasteiger partial charge is 0.416 e. The summed E-state index contributed by atoms with van der Waals surface area (Å²) in [7, 11) is 1.10. The Labute approximate surface area is 145 Å². The van der Waals surface area contributed by atoms with Crippen LogP contribution < -0.4 is 5.56 Å². The summed E-state index contributed by atoms with van der Waals surface area (Å²) in [6, 6.07) is 7.02. The van der Waals surface area contributed by atoms with Crippen LogP contribution in [0.2, 0.25) is 0 Å². The molecule has 0 amide bonds. The number of nitrogens with zero attached hydrogens (tertiary/aromatic N) is 2. The number of esters is 1. The first-order valence-electron chi connectivity index (χ1n) is 7.26. The van der Waals surface area contributed by atoms with Gasteiger partial charge < -0.3 is 14.4 Å². The number of aliphatic hydroxyl groups excluding tert-OH is 1. The quantitative estimate of drug-likeness (QED) is 0.838. The van der Waals surface area contributed by atoms with E-state index >= 15 is 0 Å². The number of aromatic nitrogens is 1. The number of carbonyl (C=O) groups is 1. The molecule has 0 aliphatic rings. The van der Waals surface area contributed by atoms with Gasteiger partial charge in [0.05, 0.1) is 30.9 Å². The van der Waals surface area contributed by atoms with Gasteiger partial charge in [0.25, 0.3) is 5.56 Å². The van der Waals surface area contributed by atoms with Gasteiger partial charge in [-0.15, -0.1) is 0 Å². The molecule has 0 saturated heterocycles. The number of hydrogen-bond acceptors (Lipinski definition) is 5. The standard InChI is InChI=1S/C17H13F3N2O4/c1-26-16(25)11-6-10(7-21)15(24)22(8-11)9-14(23)12-4-2-3-5-13(12)17(18,19)20/h2-6,8,14,23H,9H2,1H3/t14-/m1/s1. The highest BCUT2D eigenvalue weighted by atomic mass is 19.4. The third-order valence-electron chi connectivity index (χ3n) is 3.62. The molecule has 0 bridgehead atoms. The lowest BCUT2D eigenvalue weighted by Crippen LogP contribution is -2.27. The molecule has 1 aromatic carbocycles. The fourth-order valence-electron chi connectivity index (χ4n) is 2.41. The molecule has 2 rings (SSSR count). The van der Waals surface area contributed by atoms with Crippen molar-refractivity contribution in [3.8, 4) is 6.07 Å². The van der Waals surface area contributed by atoms with E-state index in [9.17, 15) is 27.9 Å². The number of aliphatic hydroxyl groups is 1. The van der Waals surface area contributed by atoms with E-state index < -0.39 is 47.0 Å². The number of rotatable bonds is 4. The Morgan fingerprint density at radius 1 is 1.38 bits per heavy atom. The minimum absolute atomic E-state index is 0.139. The SMILES string of the molecule is COC(=O)c1cc(C#N)c(=O)n(C[C@@H](O)c2ccccc2C(F)(F)F)c1. The van der Waals surface area contributed by atoms with Crippen LogP contribution >= 0.6 is 0 Å². The van der Waals surface area contributed by atoms with Crippen LogP contribution in [0.3, 0.4) is 0 Å². The van der Waals surface area contributed by atoms with Crippen molar-refractivity contribution >= 4 is 5.97 Å². The maximum absolute atomic E-state index is 13.1. The summed E-state index contributed by atoms with van der Waals surface area (Å²) < 4.78 is 44.5. The maximum atomic E-state index is 13.1. The first-order chi connectivity index (χ1) is 12.2. The number of methoxy groups -OCH3 is 1. The number of halogens is 3. The van der Waals surface area contributed by atoms with E-state index in [0.717, 1.165) is 36.1 Å². The van der Waals surface area contributed by atoms with Crippen molar-refractivity contribution in [2.75, 3.05) is 7.11 Å². The van der Waals surface area contributed by atoms with Gasteiger partial charge in [0.1, 0.15) is 11.6 Å². The van der Waals surface area contributed by atoms with E-state index in [1.807, 2.05) is 0 Å². The number of benzene rings is 1. The largest absolute Gasteiger partial charge is 0.465 e. The molecule has 136 valence electrons. The Morgan fingerprint density at radius 2 is 2.04 bits per heavy atom. The molecule has 26 heavy (non-hydrogen) atoms. The van der Waals surface area contributed by atoms with Gasteiger partial charge in [0, 0.05) is 6.20 Å². The van der Waals surface area contributed by atoms with Crippen LogP contribution in [-0.2, 0) is 17.5 Å².